The summed E-state index contributed by atoms with van der Waals surface area (Å²) in [6, 6.07) is 7.42. The van der Waals surface area contributed by atoms with Gasteiger partial charge in [0.25, 0.3) is 11.7 Å². The van der Waals surface area contributed by atoms with Crippen LogP contribution >= 0.6 is 0 Å². The Morgan fingerprint density at radius 3 is 3.00 bits per heavy atom. The molecule has 0 unspecified atom stereocenters. The maximum atomic E-state index is 12.2. The molecule has 2 heterocycles. The fourth-order valence-corrected chi connectivity index (χ4v) is 2.47. The Kier molecular flexibility index (Phi) is 3.52. The van der Waals surface area contributed by atoms with E-state index in [0.717, 1.165) is 30.4 Å². The van der Waals surface area contributed by atoms with Crippen molar-refractivity contribution in [3.63, 3.8) is 0 Å². The molecule has 3 rings (SSSR count). The summed E-state index contributed by atoms with van der Waals surface area (Å²) < 4.78 is 5.41. The number of rotatable bonds is 4. The van der Waals surface area contributed by atoms with E-state index in [9.17, 15) is 9.59 Å². The molecule has 1 aromatic heterocycles. The smallest absolute Gasteiger partial charge is 0.292 e. The highest BCUT2D eigenvalue weighted by atomic mass is 16.5. The van der Waals surface area contributed by atoms with Gasteiger partial charge in [-0.3, -0.25) is 9.59 Å². The third-order valence-electron chi connectivity index (χ3n) is 3.55. The molecule has 0 radical (unpaired) electrons. The summed E-state index contributed by atoms with van der Waals surface area (Å²) in [5.41, 5.74) is 1.26. The number of ether oxygens (including phenoxy) is 1. The lowest BCUT2D eigenvalue weighted by atomic mass is 10.1. The molecule has 5 nitrogen and oxygen atoms in total. The number of ketones is 1. The van der Waals surface area contributed by atoms with E-state index < -0.39 is 11.7 Å². The van der Waals surface area contributed by atoms with Crippen LogP contribution in [0.3, 0.4) is 0 Å². The van der Waals surface area contributed by atoms with Gasteiger partial charge < -0.3 is 15.0 Å². The monoisotopic (exact) mass is 272 g/mol. The van der Waals surface area contributed by atoms with Gasteiger partial charge in [0.1, 0.15) is 0 Å². The number of fused-ring (bicyclic) bond motifs is 1. The molecular formula is C15H16N2O3. The van der Waals surface area contributed by atoms with Gasteiger partial charge in [0.15, 0.2) is 0 Å². The van der Waals surface area contributed by atoms with Gasteiger partial charge in [-0.2, -0.15) is 0 Å². The minimum Gasteiger partial charge on any atom is -0.376 e. The van der Waals surface area contributed by atoms with Crippen molar-refractivity contribution in [2.24, 2.45) is 0 Å². The number of aromatic amines is 1. The Morgan fingerprint density at radius 1 is 1.35 bits per heavy atom. The fourth-order valence-electron chi connectivity index (χ4n) is 2.47. The number of carbonyl (C=O) groups is 2. The maximum absolute atomic E-state index is 12.2. The molecule has 0 saturated carbocycles. The normalized spacial score (nSPS) is 18.3. The average Bonchev–Trinajstić information content (AvgIpc) is 3.13. The molecule has 1 amide bonds. The van der Waals surface area contributed by atoms with Crippen LogP contribution in [0.2, 0.25) is 0 Å². The zero-order valence-corrected chi connectivity index (χ0v) is 11.0. The zero-order chi connectivity index (χ0) is 13.9. The standard InChI is InChI=1S/C15H16N2O3/c18-14(15(19)17-8-10-4-3-7-20-10)12-9-16-13-6-2-1-5-11(12)13/h1-2,5-6,9-10,16H,3-4,7-8H2,(H,17,19)/t10-/m1/s1. The van der Waals surface area contributed by atoms with Gasteiger partial charge in [0, 0.05) is 30.3 Å². The molecule has 0 aliphatic carbocycles. The van der Waals surface area contributed by atoms with Crippen molar-refractivity contribution in [3.8, 4) is 0 Å². The molecule has 1 aliphatic rings. The van der Waals surface area contributed by atoms with Gasteiger partial charge in [0.2, 0.25) is 0 Å². The number of hydrogen-bond donors (Lipinski definition) is 2. The number of benzene rings is 1. The fraction of sp³-hybridized carbons (Fsp3) is 0.333. The largest absolute Gasteiger partial charge is 0.376 e. The minimum atomic E-state index is -0.578. The summed E-state index contributed by atoms with van der Waals surface area (Å²) in [5.74, 6) is -1.09. The zero-order valence-electron chi connectivity index (χ0n) is 11.0. The summed E-state index contributed by atoms with van der Waals surface area (Å²) >= 11 is 0. The molecule has 1 atom stereocenters. The van der Waals surface area contributed by atoms with E-state index in [-0.39, 0.29) is 6.10 Å². The van der Waals surface area contributed by atoms with Crippen molar-refractivity contribution in [1.82, 2.24) is 10.3 Å². The van der Waals surface area contributed by atoms with Crippen LogP contribution in [0, 0.1) is 0 Å². The predicted octanol–water partition coefficient (Wildman–Crippen LogP) is 1.65. The van der Waals surface area contributed by atoms with E-state index in [1.165, 1.54) is 0 Å². The number of Topliss-reactive ketones (excluding diaryl/α,β-unsaturated/α-hetero) is 1. The molecule has 1 saturated heterocycles. The Morgan fingerprint density at radius 2 is 2.20 bits per heavy atom. The van der Waals surface area contributed by atoms with E-state index in [2.05, 4.69) is 10.3 Å². The van der Waals surface area contributed by atoms with Crippen molar-refractivity contribution >= 4 is 22.6 Å². The first-order valence-electron chi connectivity index (χ1n) is 6.76. The van der Waals surface area contributed by atoms with Crippen molar-refractivity contribution in [2.45, 2.75) is 18.9 Å². The van der Waals surface area contributed by atoms with Crippen LogP contribution in [0.1, 0.15) is 23.2 Å². The molecule has 20 heavy (non-hydrogen) atoms. The van der Waals surface area contributed by atoms with Crippen LogP contribution in [0.4, 0.5) is 0 Å². The number of para-hydroxylation sites is 1. The highest BCUT2D eigenvalue weighted by Crippen LogP contribution is 2.18. The molecule has 1 aliphatic heterocycles. The first kappa shape index (κ1) is 12.9. The van der Waals surface area contributed by atoms with Gasteiger partial charge in [-0.1, -0.05) is 18.2 Å². The van der Waals surface area contributed by atoms with Gasteiger partial charge in [-0.15, -0.1) is 0 Å². The Hall–Kier alpha value is -2.14. The van der Waals surface area contributed by atoms with Gasteiger partial charge in [0.05, 0.1) is 11.7 Å². The summed E-state index contributed by atoms with van der Waals surface area (Å²) in [4.78, 5) is 27.1. The lowest BCUT2D eigenvalue weighted by Gasteiger charge is -2.09. The molecule has 2 N–H and O–H groups in total. The van der Waals surface area contributed by atoms with E-state index in [1.807, 2.05) is 24.3 Å². The average molecular weight is 272 g/mol. The van der Waals surface area contributed by atoms with E-state index >= 15 is 0 Å². The maximum Gasteiger partial charge on any atom is 0.292 e. The number of carbonyl (C=O) groups excluding carboxylic acids is 2. The van der Waals surface area contributed by atoms with Crippen molar-refractivity contribution in [1.29, 1.82) is 0 Å². The third-order valence-corrected chi connectivity index (χ3v) is 3.55. The molecule has 1 fully saturated rings. The van der Waals surface area contributed by atoms with Gasteiger partial charge in [-0.05, 0) is 18.9 Å². The quantitative estimate of drug-likeness (QED) is 0.656. The summed E-state index contributed by atoms with van der Waals surface area (Å²) in [5, 5.41) is 3.42. The van der Waals surface area contributed by atoms with Crippen molar-refractivity contribution < 1.29 is 14.3 Å². The van der Waals surface area contributed by atoms with Crippen LogP contribution in [0.5, 0.6) is 0 Å². The minimum absolute atomic E-state index is 0.0368. The number of aromatic nitrogens is 1. The highest BCUT2D eigenvalue weighted by molar-refractivity contribution is 6.44. The van der Waals surface area contributed by atoms with Crippen molar-refractivity contribution in [2.75, 3.05) is 13.2 Å². The molecule has 1 aromatic carbocycles. The second-order valence-corrected chi connectivity index (χ2v) is 4.92. The van der Waals surface area contributed by atoms with Crippen molar-refractivity contribution in [3.05, 3.63) is 36.0 Å². The number of amides is 1. The van der Waals surface area contributed by atoms with Crippen LogP contribution < -0.4 is 5.32 Å². The van der Waals surface area contributed by atoms with Crippen LogP contribution in [0.25, 0.3) is 10.9 Å². The topological polar surface area (TPSA) is 71.2 Å². The van der Waals surface area contributed by atoms with Crippen LogP contribution in [0.15, 0.2) is 30.5 Å². The van der Waals surface area contributed by atoms with Gasteiger partial charge >= 0.3 is 0 Å². The summed E-state index contributed by atoms with van der Waals surface area (Å²) in [6.45, 7) is 1.13. The molecule has 104 valence electrons. The predicted molar refractivity (Wildman–Crippen MR) is 74.6 cm³/mol. The molecule has 2 aromatic rings. The van der Waals surface area contributed by atoms with Crippen LogP contribution in [-0.4, -0.2) is 35.9 Å². The van der Waals surface area contributed by atoms with E-state index in [1.54, 1.807) is 6.20 Å². The first-order valence-corrected chi connectivity index (χ1v) is 6.76. The summed E-state index contributed by atoms with van der Waals surface area (Å²) in [6.07, 6.45) is 3.56. The number of hydrogen-bond acceptors (Lipinski definition) is 3. The summed E-state index contributed by atoms with van der Waals surface area (Å²) in [7, 11) is 0. The molecular weight excluding hydrogens is 256 g/mol. The SMILES string of the molecule is O=C(NC[C@H]1CCCO1)C(=O)c1c[nH]c2ccccc12. The van der Waals surface area contributed by atoms with Gasteiger partial charge in [-0.25, -0.2) is 0 Å². The third kappa shape index (κ3) is 2.44. The molecule has 0 spiro atoms. The first-order chi connectivity index (χ1) is 9.75. The molecule has 5 heteroatoms. The molecule has 0 bridgehead atoms. The van der Waals surface area contributed by atoms with E-state index in [4.69, 9.17) is 4.74 Å². The Balaban J connectivity index is 1.69. The lowest BCUT2D eigenvalue weighted by Crippen LogP contribution is -2.36. The Bertz CT molecular complexity index is 641. The lowest BCUT2D eigenvalue weighted by molar-refractivity contribution is -0.117. The second kappa shape index (κ2) is 5.46. The van der Waals surface area contributed by atoms with E-state index in [0.29, 0.717) is 12.1 Å². The number of nitrogens with one attached hydrogen (secondary N) is 2. The highest BCUT2D eigenvalue weighted by Gasteiger charge is 2.22. The second-order valence-electron chi connectivity index (χ2n) is 4.92. The number of H-pyrrole nitrogens is 1. The Labute approximate surface area is 116 Å². The van der Waals surface area contributed by atoms with Crippen LogP contribution in [-0.2, 0) is 9.53 Å².